The predicted molar refractivity (Wildman–Crippen MR) is 176 cm³/mol. The number of anilines is 1. The second kappa shape index (κ2) is 15.0. The lowest BCUT2D eigenvalue weighted by Crippen LogP contribution is -2.55. The van der Waals surface area contributed by atoms with Crippen molar-refractivity contribution in [3.63, 3.8) is 0 Å². The van der Waals surface area contributed by atoms with Gasteiger partial charge in [0.05, 0.1) is 30.8 Å². The van der Waals surface area contributed by atoms with Gasteiger partial charge in [0.15, 0.2) is 0 Å². The highest BCUT2D eigenvalue weighted by molar-refractivity contribution is 9.10. The Morgan fingerprint density at radius 2 is 1.96 bits per heavy atom. The summed E-state index contributed by atoms with van der Waals surface area (Å²) in [6.07, 6.45) is 6.28. The van der Waals surface area contributed by atoms with Gasteiger partial charge < -0.3 is 14.8 Å². The smallest absolute Gasteiger partial charge is 0.411 e. The molecule has 1 aliphatic carbocycles. The number of benzene rings is 2. The molecule has 45 heavy (non-hydrogen) atoms. The van der Waals surface area contributed by atoms with Crippen molar-refractivity contribution in [2.45, 2.75) is 70.2 Å². The SMILES string of the molecule is C[S+](C)CCOCN(C(=O)c1cc(F)ccc1Br)c1cccc(CC(C#N)NC(=O)[C@@H]2[C@H]3CC[C@H](C3)N2C(=O)OC(C)(C)C)c1. The summed E-state index contributed by atoms with van der Waals surface area (Å²) >= 11 is 3.36. The van der Waals surface area contributed by atoms with Crippen LogP contribution in [0.4, 0.5) is 14.9 Å². The first kappa shape index (κ1) is 34.7. The maximum Gasteiger partial charge on any atom is 0.411 e. The number of likely N-dealkylation sites (tertiary alicyclic amines) is 1. The lowest BCUT2D eigenvalue weighted by molar-refractivity contribution is -0.128. The molecule has 2 fully saturated rings. The van der Waals surface area contributed by atoms with E-state index in [4.69, 9.17) is 9.47 Å². The fourth-order valence-corrected chi connectivity index (χ4v) is 6.68. The molecule has 242 valence electrons. The van der Waals surface area contributed by atoms with Gasteiger partial charge in [-0.1, -0.05) is 12.1 Å². The Kier molecular flexibility index (Phi) is 11.6. The Bertz CT molecular complexity index is 1440. The average Bonchev–Trinajstić information content (AvgIpc) is 3.59. The summed E-state index contributed by atoms with van der Waals surface area (Å²) in [5, 5.41) is 12.9. The van der Waals surface area contributed by atoms with Crippen LogP contribution in [-0.4, -0.2) is 78.1 Å². The number of nitrogens with one attached hydrogen (secondary N) is 1. The first-order valence-electron chi connectivity index (χ1n) is 15.0. The van der Waals surface area contributed by atoms with Crippen LogP contribution in [0.3, 0.4) is 0 Å². The van der Waals surface area contributed by atoms with Crippen LogP contribution >= 0.6 is 15.9 Å². The van der Waals surface area contributed by atoms with Crippen LogP contribution in [0.15, 0.2) is 46.9 Å². The Balaban J connectivity index is 1.51. The normalized spacial score (nSPS) is 19.7. The quantitative estimate of drug-likeness (QED) is 0.190. The second-order valence-corrected chi connectivity index (χ2v) is 15.9. The van der Waals surface area contributed by atoms with Crippen LogP contribution in [0.1, 0.15) is 56.0 Å². The van der Waals surface area contributed by atoms with E-state index >= 15 is 0 Å². The van der Waals surface area contributed by atoms with Gasteiger partial charge in [-0.2, -0.15) is 5.26 Å². The summed E-state index contributed by atoms with van der Waals surface area (Å²) in [7, 11) is 0.164. The number of rotatable bonds is 11. The van der Waals surface area contributed by atoms with Gasteiger partial charge in [0, 0.05) is 22.6 Å². The van der Waals surface area contributed by atoms with E-state index in [1.807, 2.05) is 6.07 Å². The summed E-state index contributed by atoms with van der Waals surface area (Å²) in [4.78, 5) is 43.2. The van der Waals surface area contributed by atoms with Gasteiger partial charge in [-0.15, -0.1) is 0 Å². The highest BCUT2D eigenvalue weighted by Crippen LogP contribution is 2.43. The van der Waals surface area contributed by atoms with Crippen LogP contribution in [0, 0.1) is 23.1 Å². The van der Waals surface area contributed by atoms with Crippen molar-refractivity contribution in [2.24, 2.45) is 5.92 Å². The van der Waals surface area contributed by atoms with Crippen molar-refractivity contribution in [3.05, 3.63) is 63.9 Å². The second-order valence-electron chi connectivity index (χ2n) is 12.7. The first-order chi connectivity index (χ1) is 21.3. The molecule has 4 rings (SSSR count). The molecule has 0 aromatic heterocycles. The van der Waals surface area contributed by atoms with Crippen molar-refractivity contribution in [1.29, 1.82) is 5.26 Å². The molecule has 9 nitrogen and oxygen atoms in total. The Morgan fingerprint density at radius 1 is 1.20 bits per heavy atom. The number of amides is 3. The fraction of sp³-hybridized carbons (Fsp3) is 0.515. The van der Waals surface area contributed by atoms with Gasteiger partial charge >= 0.3 is 6.09 Å². The third-order valence-corrected chi connectivity index (χ3v) is 9.53. The van der Waals surface area contributed by atoms with Crippen molar-refractivity contribution < 1.29 is 28.2 Å². The fourth-order valence-electron chi connectivity index (χ4n) is 5.81. The number of piperidine rings is 1. The minimum Gasteiger partial charge on any atom is -0.444 e. The molecule has 3 amide bonds. The number of nitriles is 1. The van der Waals surface area contributed by atoms with Gasteiger partial charge in [0.2, 0.25) is 5.91 Å². The molecule has 2 aliphatic rings. The molecule has 2 aromatic rings. The summed E-state index contributed by atoms with van der Waals surface area (Å²) in [5.41, 5.74) is 0.668. The number of nitrogens with zero attached hydrogens (tertiary/aromatic N) is 3. The summed E-state index contributed by atoms with van der Waals surface area (Å²) < 4.78 is 26.0. The van der Waals surface area contributed by atoms with Crippen LogP contribution in [0.5, 0.6) is 0 Å². The van der Waals surface area contributed by atoms with E-state index in [-0.39, 0.29) is 47.5 Å². The van der Waals surface area contributed by atoms with Gasteiger partial charge in [0.1, 0.15) is 36.0 Å². The van der Waals surface area contributed by atoms with E-state index in [0.29, 0.717) is 22.3 Å². The van der Waals surface area contributed by atoms with E-state index in [2.05, 4.69) is 39.8 Å². The molecule has 1 unspecified atom stereocenters. The molecule has 1 saturated heterocycles. The monoisotopic (exact) mass is 703 g/mol. The zero-order chi connectivity index (χ0) is 32.9. The zero-order valence-electron chi connectivity index (χ0n) is 26.3. The summed E-state index contributed by atoms with van der Waals surface area (Å²) in [5.74, 6) is -0.506. The van der Waals surface area contributed by atoms with Crippen LogP contribution in [-0.2, 0) is 31.6 Å². The number of hydrogen-bond donors (Lipinski definition) is 1. The van der Waals surface area contributed by atoms with Crippen LogP contribution in [0.2, 0.25) is 0 Å². The molecule has 2 bridgehead atoms. The number of fused-ring (bicyclic) bond motifs is 2. The molecule has 12 heteroatoms. The van der Waals surface area contributed by atoms with E-state index in [1.165, 1.54) is 23.1 Å². The van der Waals surface area contributed by atoms with E-state index in [9.17, 15) is 24.0 Å². The van der Waals surface area contributed by atoms with E-state index in [1.54, 1.807) is 43.9 Å². The molecule has 1 saturated carbocycles. The maximum absolute atomic E-state index is 14.1. The van der Waals surface area contributed by atoms with Gasteiger partial charge in [-0.05, 0) is 109 Å². The van der Waals surface area contributed by atoms with E-state index < -0.39 is 35.5 Å². The maximum atomic E-state index is 14.1. The minimum absolute atomic E-state index is 0.0168. The molecular weight excluding hydrogens is 663 g/mol. The average molecular weight is 705 g/mol. The summed E-state index contributed by atoms with van der Waals surface area (Å²) in [6.45, 7) is 5.77. The van der Waals surface area contributed by atoms with Crippen LogP contribution in [0.25, 0.3) is 0 Å². The lowest BCUT2D eigenvalue weighted by Gasteiger charge is -2.35. The third-order valence-electron chi connectivity index (χ3n) is 7.85. The van der Waals surface area contributed by atoms with E-state index in [0.717, 1.165) is 25.0 Å². The molecular formula is C33H41BrFN4O5S+. The molecule has 0 radical (unpaired) electrons. The first-order valence-corrected chi connectivity index (χ1v) is 18.0. The topological polar surface area (TPSA) is 112 Å². The summed E-state index contributed by atoms with van der Waals surface area (Å²) in [6, 6.07) is 11.6. The number of hydrogen-bond acceptors (Lipinski definition) is 6. The molecule has 2 aromatic carbocycles. The molecule has 1 N–H and O–H groups in total. The Hall–Kier alpha value is -3.14. The predicted octanol–water partition coefficient (Wildman–Crippen LogP) is 5.43. The van der Waals surface area contributed by atoms with Gasteiger partial charge in [-0.3, -0.25) is 19.4 Å². The highest BCUT2D eigenvalue weighted by Gasteiger charge is 2.52. The minimum atomic E-state index is -0.878. The largest absolute Gasteiger partial charge is 0.444 e. The van der Waals surface area contributed by atoms with Crippen molar-refractivity contribution in [3.8, 4) is 6.07 Å². The highest BCUT2D eigenvalue weighted by atomic mass is 79.9. The lowest BCUT2D eigenvalue weighted by atomic mass is 9.97. The number of ether oxygens (including phenoxy) is 2. The van der Waals surface area contributed by atoms with Crippen molar-refractivity contribution in [1.82, 2.24) is 10.2 Å². The molecule has 4 atom stereocenters. The zero-order valence-corrected chi connectivity index (χ0v) is 28.8. The molecule has 1 aliphatic heterocycles. The molecule has 1 heterocycles. The third kappa shape index (κ3) is 8.99. The van der Waals surface area contributed by atoms with Gasteiger partial charge in [0.25, 0.3) is 5.91 Å². The van der Waals surface area contributed by atoms with Gasteiger partial charge in [-0.25, -0.2) is 9.18 Å². The number of carbonyl (C=O) groups excluding carboxylic acids is 3. The van der Waals surface area contributed by atoms with Crippen molar-refractivity contribution >= 4 is 50.4 Å². The van der Waals surface area contributed by atoms with Crippen molar-refractivity contribution in [2.75, 3.05) is 36.5 Å². The Morgan fingerprint density at radius 3 is 2.64 bits per heavy atom. The molecule has 0 spiro atoms. The Labute approximate surface area is 275 Å². The standard InChI is InChI=1S/C33H40BrFN4O5S/c1-33(2,3)44-32(42)39-26-11-9-22(17-26)29(39)30(40)37-24(19-36)15-21-7-6-8-25(16-21)38(20-43-13-14-45(4)5)31(41)27-18-23(35)10-12-28(27)34/h6-8,10,12,16,18,22,24,26,29H,9,11,13-15,17,20H2,1-5H3/p+1/t22-,24?,26+,29-/m0/s1. The number of carbonyl (C=O) groups is 3. The number of halogens is 2. The van der Waals surface area contributed by atoms with Crippen LogP contribution < -0.4 is 10.2 Å².